The molecular formula is C16H34O3SSi. The Balaban J connectivity index is 3.83. The van der Waals surface area contributed by atoms with Crippen LogP contribution in [0.4, 0.5) is 0 Å². The van der Waals surface area contributed by atoms with Crippen molar-refractivity contribution in [3.05, 3.63) is 0 Å². The number of carbonyl (C=O) groups excluding carboxylic acids is 1. The largest absolute Gasteiger partial charge is 0.357 e. The highest BCUT2D eigenvalue weighted by molar-refractivity contribution is 7.96. The zero-order chi connectivity index (χ0) is 15.9. The van der Waals surface area contributed by atoms with E-state index in [9.17, 15) is 4.79 Å². The van der Waals surface area contributed by atoms with Gasteiger partial charge in [0.2, 0.25) is 0 Å². The molecule has 0 amide bonds. The summed E-state index contributed by atoms with van der Waals surface area (Å²) in [6.07, 6.45) is 7.98. The minimum absolute atomic E-state index is 0.0507. The lowest BCUT2D eigenvalue weighted by Gasteiger charge is -2.17. The Morgan fingerprint density at radius 2 is 1.62 bits per heavy atom. The summed E-state index contributed by atoms with van der Waals surface area (Å²) in [6.45, 7) is 7.65. The van der Waals surface area contributed by atoms with Crippen LogP contribution in [0.1, 0.15) is 65.7 Å². The molecular weight excluding hydrogens is 300 g/mol. The highest BCUT2D eigenvalue weighted by Gasteiger charge is 2.15. The highest BCUT2D eigenvalue weighted by Crippen LogP contribution is 2.20. The molecule has 1 unspecified atom stereocenters. The smallest absolute Gasteiger partial charge is 0.188 e. The van der Waals surface area contributed by atoms with Gasteiger partial charge in [-0.05, 0) is 26.7 Å². The molecule has 0 bridgehead atoms. The molecule has 0 radical (unpaired) electrons. The van der Waals surface area contributed by atoms with Gasteiger partial charge in [0.05, 0.1) is 9.52 Å². The van der Waals surface area contributed by atoms with Crippen LogP contribution in [0.5, 0.6) is 0 Å². The van der Waals surface area contributed by atoms with Crippen LogP contribution in [-0.2, 0) is 14.3 Å². The summed E-state index contributed by atoms with van der Waals surface area (Å²) < 4.78 is 11.2. The van der Waals surface area contributed by atoms with Crippen LogP contribution >= 0.6 is 12.6 Å². The summed E-state index contributed by atoms with van der Waals surface area (Å²) in [4.78, 5) is 11.6. The highest BCUT2D eigenvalue weighted by atomic mass is 32.1. The van der Waals surface area contributed by atoms with E-state index in [1.54, 1.807) is 0 Å². The molecule has 0 aliphatic heterocycles. The van der Waals surface area contributed by atoms with Crippen molar-refractivity contribution in [3.8, 4) is 0 Å². The molecule has 5 heteroatoms. The van der Waals surface area contributed by atoms with Crippen LogP contribution in [-0.4, -0.2) is 33.8 Å². The van der Waals surface area contributed by atoms with Crippen molar-refractivity contribution in [1.29, 1.82) is 0 Å². The summed E-state index contributed by atoms with van der Waals surface area (Å²) in [5.74, 6) is 0.200. The maximum atomic E-state index is 11.6. The molecule has 0 saturated carbocycles. The van der Waals surface area contributed by atoms with Gasteiger partial charge in [-0.3, -0.25) is 4.79 Å². The molecule has 0 fully saturated rings. The van der Waals surface area contributed by atoms with Crippen molar-refractivity contribution < 1.29 is 14.3 Å². The Hall–Kier alpha value is 0.157. The van der Waals surface area contributed by atoms with Crippen molar-refractivity contribution >= 4 is 27.3 Å². The molecule has 0 saturated heterocycles. The van der Waals surface area contributed by atoms with Gasteiger partial charge in [0.1, 0.15) is 5.91 Å². The first-order chi connectivity index (χ1) is 10.2. The third-order valence-corrected chi connectivity index (χ3v) is 5.92. The summed E-state index contributed by atoms with van der Waals surface area (Å²) in [7, 11) is -0.372. The second-order valence-corrected chi connectivity index (χ2v) is 7.90. The Morgan fingerprint density at radius 1 is 1.00 bits per heavy atom. The van der Waals surface area contributed by atoms with Crippen molar-refractivity contribution in [1.82, 2.24) is 0 Å². The molecule has 0 N–H and O–H groups in total. The lowest BCUT2D eigenvalue weighted by molar-refractivity contribution is -0.114. The Bertz CT molecular complexity index is 246. The van der Waals surface area contributed by atoms with Crippen molar-refractivity contribution in [2.45, 2.75) is 77.7 Å². The zero-order valence-corrected chi connectivity index (χ0v) is 16.4. The molecule has 0 rings (SSSR count). The van der Waals surface area contributed by atoms with Gasteiger partial charge in [-0.2, -0.15) is 0 Å². The summed E-state index contributed by atoms with van der Waals surface area (Å²) >= 11 is 4.05. The van der Waals surface area contributed by atoms with E-state index in [1.807, 2.05) is 13.8 Å². The molecule has 0 aromatic carbocycles. The molecule has 0 aliphatic rings. The standard InChI is InChI=1S/C16H34O3SSi/c1-4-7-8-9-11-14(15(17)20)12-10-13-21-16(18-5-2)19-6-3/h14,16H,4-13,21H2,1-3H3,(H,17,20). The van der Waals surface area contributed by atoms with Crippen LogP contribution in [0.15, 0.2) is 0 Å². The Morgan fingerprint density at radius 3 is 2.14 bits per heavy atom. The number of hydrogen-bond donors (Lipinski definition) is 1. The Labute approximate surface area is 138 Å². The normalized spacial score (nSPS) is 13.4. The van der Waals surface area contributed by atoms with Crippen LogP contribution in [0, 0.1) is 5.92 Å². The van der Waals surface area contributed by atoms with E-state index in [-0.39, 0.29) is 26.5 Å². The van der Waals surface area contributed by atoms with Crippen LogP contribution in [0.2, 0.25) is 6.04 Å². The fraction of sp³-hybridized carbons (Fsp3) is 0.938. The van der Waals surface area contributed by atoms with E-state index in [0.717, 1.165) is 25.7 Å². The zero-order valence-electron chi connectivity index (χ0n) is 14.1. The summed E-state index contributed by atoms with van der Waals surface area (Å²) in [6, 6.07) is 1.18. The average Bonchev–Trinajstić information content (AvgIpc) is 2.45. The van der Waals surface area contributed by atoms with Crippen LogP contribution in [0.25, 0.3) is 0 Å². The average molecular weight is 335 g/mol. The summed E-state index contributed by atoms with van der Waals surface area (Å²) in [5, 5.41) is 0.0688. The predicted octanol–water partition coefficient (Wildman–Crippen LogP) is 3.75. The molecule has 126 valence electrons. The Kier molecular flexibility index (Phi) is 15.2. The number of unbranched alkanes of at least 4 members (excludes halogenated alkanes) is 3. The number of carbonyl (C=O) groups is 1. The lowest BCUT2D eigenvalue weighted by Crippen LogP contribution is -2.24. The molecule has 0 spiro atoms. The van der Waals surface area contributed by atoms with Gasteiger partial charge in [-0.1, -0.05) is 45.1 Å². The molecule has 3 nitrogen and oxygen atoms in total. The van der Waals surface area contributed by atoms with E-state index >= 15 is 0 Å². The molecule has 0 heterocycles. The topological polar surface area (TPSA) is 35.5 Å². The van der Waals surface area contributed by atoms with Crippen molar-refractivity contribution in [3.63, 3.8) is 0 Å². The first-order valence-corrected chi connectivity index (χ1v) is 10.9. The third kappa shape index (κ3) is 12.4. The monoisotopic (exact) mass is 334 g/mol. The minimum Gasteiger partial charge on any atom is -0.357 e. The quantitative estimate of drug-likeness (QED) is 0.214. The van der Waals surface area contributed by atoms with Gasteiger partial charge >= 0.3 is 0 Å². The third-order valence-electron chi connectivity index (χ3n) is 3.70. The van der Waals surface area contributed by atoms with Gasteiger partial charge in [-0.15, -0.1) is 12.6 Å². The van der Waals surface area contributed by atoms with E-state index in [4.69, 9.17) is 9.47 Å². The lowest BCUT2D eigenvalue weighted by atomic mass is 9.97. The first kappa shape index (κ1) is 21.2. The molecule has 0 aromatic rings. The van der Waals surface area contributed by atoms with E-state index in [0.29, 0.717) is 13.2 Å². The second-order valence-electron chi connectivity index (χ2n) is 5.51. The van der Waals surface area contributed by atoms with Gasteiger partial charge in [0.25, 0.3) is 0 Å². The number of ether oxygens (including phenoxy) is 2. The van der Waals surface area contributed by atoms with E-state index < -0.39 is 0 Å². The fourth-order valence-corrected chi connectivity index (χ4v) is 4.47. The molecule has 21 heavy (non-hydrogen) atoms. The van der Waals surface area contributed by atoms with Gasteiger partial charge in [0, 0.05) is 19.1 Å². The van der Waals surface area contributed by atoms with Gasteiger partial charge in [0.15, 0.2) is 5.12 Å². The maximum Gasteiger partial charge on any atom is 0.188 e. The number of rotatable bonds is 15. The predicted molar refractivity (Wildman–Crippen MR) is 95.9 cm³/mol. The van der Waals surface area contributed by atoms with Gasteiger partial charge in [-0.25, -0.2) is 0 Å². The number of hydrogen-bond acceptors (Lipinski definition) is 3. The fourth-order valence-electron chi connectivity index (χ4n) is 2.50. The van der Waals surface area contributed by atoms with Crippen molar-refractivity contribution in [2.24, 2.45) is 5.92 Å². The molecule has 1 atom stereocenters. The van der Waals surface area contributed by atoms with Gasteiger partial charge < -0.3 is 9.47 Å². The molecule has 0 aromatic heterocycles. The van der Waals surface area contributed by atoms with Crippen LogP contribution < -0.4 is 0 Å². The minimum atomic E-state index is -0.372. The number of thiol groups is 1. The van der Waals surface area contributed by atoms with Crippen LogP contribution in [0.3, 0.4) is 0 Å². The SMILES string of the molecule is CCCCCCC(CCC[SiH2]C(OCC)OCC)C(=O)S. The maximum absolute atomic E-state index is 11.6. The van der Waals surface area contributed by atoms with Crippen molar-refractivity contribution in [2.75, 3.05) is 13.2 Å². The molecule has 0 aliphatic carbocycles. The van der Waals surface area contributed by atoms with E-state index in [2.05, 4.69) is 19.6 Å². The summed E-state index contributed by atoms with van der Waals surface area (Å²) in [5.41, 5.74) is 0. The first-order valence-electron chi connectivity index (χ1n) is 8.61. The second kappa shape index (κ2) is 15.1. The van der Waals surface area contributed by atoms with E-state index in [1.165, 1.54) is 25.3 Å².